The van der Waals surface area contributed by atoms with Gasteiger partial charge in [0.25, 0.3) is 0 Å². The highest BCUT2D eigenvalue weighted by Gasteiger charge is 2.22. The number of nitro benzene ring substituents is 1. The van der Waals surface area contributed by atoms with Crippen LogP contribution in [0.3, 0.4) is 0 Å². The van der Waals surface area contributed by atoms with Crippen molar-refractivity contribution >= 4 is 28.2 Å². The van der Waals surface area contributed by atoms with Gasteiger partial charge in [0.2, 0.25) is 5.82 Å². The van der Waals surface area contributed by atoms with E-state index in [2.05, 4.69) is 10.2 Å². The molecule has 0 unspecified atom stereocenters. The molecule has 0 atom stereocenters. The molecule has 0 spiro atoms. The number of hydrogen-bond donors (Lipinski definition) is 1. The van der Waals surface area contributed by atoms with Gasteiger partial charge in [0.15, 0.2) is 5.52 Å². The molecule has 0 aliphatic heterocycles. The van der Waals surface area contributed by atoms with E-state index in [1.54, 1.807) is 0 Å². The molecule has 1 heterocycles. The van der Waals surface area contributed by atoms with Crippen LogP contribution < -0.4 is 0 Å². The molecule has 0 amide bonds. The van der Waals surface area contributed by atoms with Crippen LogP contribution in [0.25, 0.3) is 10.9 Å². The molecule has 1 N–H and O–H groups in total. The molecule has 0 saturated heterocycles. The van der Waals surface area contributed by atoms with Crippen molar-refractivity contribution in [1.82, 2.24) is 10.2 Å². The Labute approximate surface area is 81.6 Å². The van der Waals surface area contributed by atoms with Crippen molar-refractivity contribution < 1.29 is 9.31 Å². The van der Waals surface area contributed by atoms with Crippen LogP contribution in [0.15, 0.2) is 12.1 Å². The van der Waals surface area contributed by atoms with E-state index in [4.69, 9.17) is 11.6 Å². The monoisotopic (exact) mass is 215 g/mol. The molecule has 0 radical (unpaired) electrons. The summed E-state index contributed by atoms with van der Waals surface area (Å²) in [5, 5.41) is 16.9. The Morgan fingerprint density at radius 1 is 1.57 bits per heavy atom. The smallest absolute Gasteiger partial charge is 0.266 e. The maximum atomic E-state index is 13.0. The van der Waals surface area contributed by atoms with E-state index < -0.39 is 16.4 Å². The molecule has 1 aromatic heterocycles. The van der Waals surface area contributed by atoms with Crippen LogP contribution in [0.2, 0.25) is 5.15 Å². The average Bonchev–Trinajstić information content (AvgIpc) is 2.47. The molecule has 0 saturated carbocycles. The summed E-state index contributed by atoms with van der Waals surface area (Å²) < 4.78 is 13.0. The van der Waals surface area contributed by atoms with Gasteiger partial charge in [0.05, 0.1) is 4.92 Å². The lowest BCUT2D eigenvalue weighted by Gasteiger charge is -1.93. The molecule has 14 heavy (non-hydrogen) atoms. The topological polar surface area (TPSA) is 71.8 Å². The standard InChI is InChI=1S/C7H3ClFN3O2/c8-7-3-1-2-4(9)6(12(13)14)5(3)10-11-7/h1-2H,(H,10,11). The number of nitrogens with one attached hydrogen (secondary N) is 1. The van der Waals surface area contributed by atoms with Crippen LogP contribution in [0.5, 0.6) is 0 Å². The van der Waals surface area contributed by atoms with Crippen LogP contribution in [-0.4, -0.2) is 15.1 Å². The average molecular weight is 216 g/mol. The molecule has 7 heteroatoms. The number of aromatic amines is 1. The first kappa shape index (κ1) is 8.89. The molecule has 2 rings (SSSR count). The van der Waals surface area contributed by atoms with Gasteiger partial charge < -0.3 is 0 Å². The number of nitro groups is 1. The van der Waals surface area contributed by atoms with E-state index in [-0.39, 0.29) is 10.7 Å². The first-order chi connectivity index (χ1) is 6.61. The van der Waals surface area contributed by atoms with Crippen molar-refractivity contribution in [1.29, 1.82) is 0 Å². The second-order valence-corrected chi connectivity index (χ2v) is 2.96. The van der Waals surface area contributed by atoms with Crippen LogP contribution >= 0.6 is 11.6 Å². The number of aromatic nitrogens is 2. The number of rotatable bonds is 1. The third kappa shape index (κ3) is 1.12. The second kappa shape index (κ2) is 2.91. The number of nitrogens with zero attached hydrogens (tertiary/aromatic N) is 2. The predicted molar refractivity (Wildman–Crippen MR) is 47.7 cm³/mol. The first-order valence-electron chi connectivity index (χ1n) is 3.57. The zero-order chi connectivity index (χ0) is 10.3. The van der Waals surface area contributed by atoms with E-state index in [0.717, 1.165) is 6.07 Å². The van der Waals surface area contributed by atoms with Crippen molar-refractivity contribution in [2.24, 2.45) is 0 Å². The summed E-state index contributed by atoms with van der Waals surface area (Å²) in [4.78, 5) is 9.69. The highest BCUT2D eigenvalue weighted by atomic mass is 35.5. The van der Waals surface area contributed by atoms with Gasteiger partial charge in [0.1, 0.15) is 5.15 Å². The largest absolute Gasteiger partial charge is 0.332 e. The van der Waals surface area contributed by atoms with Crippen LogP contribution in [0.4, 0.5) is 10.1 Å². The first-order valence-corrected chi connectivity index (χ1v) is 3.95. The van der Waals surface area contributed by atoms with E-state index in [1.165, 1.54) is 6.07 Å². The van der Waals surface area contributed by atoms with Crippen LogP contribution in [-0.2, 0) is 0 Å². The Morgan fingerprint density at radius 3 is 2.93 bits per heavy atom. The molecule has 1 aromatic carbocycles. The van der Waals surface area contributed by atoms with Gasteiger partial charge in [-0.15, -0.1) is 0 Å². The Morgan fingerprint density at radius 2 is 2.29 bits per heavy atom. The summed E-state index contributed by atoms with van der Waals surface area (Å²) in [5.74, 6) is -0.925. The number of fused-ring (bicyclic) bond motifs is 1. The number of hydrogen-bond acceptors (Lipinski definition) is 3. The Kier molecular flexibility index (Phi) is 1.85. The Bertz CT molecular complexity index is 525. The molecule has 2 aromatic rings. The van der Waals surface area contributed by atoms with Crippen molar-refractivity contribution in [3.63, 3.8) is 0 Å². The summed E-state index contributed by atoms with van der Waals surface area (Å²) in [6.45, 7) is 0. The maximum absolute atomic E-state index is 13.0. The van der Waals surface area contributed by atoms with Gasteiger partial charge in [-0.2, -0.15) is 9.49 Å². The fourth-order valence-electron chi connectivity index (χ4n) is 1.18. The zero-order valence-electron chi connectivity index (χ0n) is 6.62. The molecule has 0 fully saturated rings. The molecular weight excluding hydrogens is 213 g/mol. The van der Waals surface area contributed by atoms with E-state index in [1.807, 2.05) is 0 Å². The lowest BCUT2D eigenvalue weighted by molar-refractivity contribution is -0.385. The van der Waals surface area contributed by atoms with Gasteiger partial charge in [0, 0.05) is 5.39 Å². The van der Waals surface area contributed by atoms with E-state index in [0.29, 0.717) is 5.39 Å². The summed E-state index contributed by atoms with van der Waals surface area (Å²) in [7, 11) is 0. The SMILES string of the molecule is O=[N+]([O-])c1c(F)ccc2c(Cl)[nH]nc12. The van der Waals surface area contributed by atoms with Gasteiger partial charge in [-0.3, -0.25) is 15.2 Å². The minimum absolute atomic E-state index is 0.0694. The summed E-state index contributed by atoms with van der Waals surface area (Å²) >= 11 is 5.64. The Hall–Kier alpha value is -1.69. The lowest BCUT2D eigenvalue weighted by atomic mass is 10.2. The third-order valence-electron chi connectivity index (χ3n) is 1.79. The summed E-state index contributed by atoms with van der Waals surface area (Å²) in [6.07, 6.45) is 0. The fraction of sp³-hybridized carbons (Fsp3) is 0. The number of benzene rings is 1. The third-order valence-corrected chi connectivity index (χ3v) is 2.07. The summed E-state index contributed by atoms with van der Waals surface area (Å²) in [6, 6.07) is 2.32. The van der Waals surface area contributed by atoms with Gasteiger partial charge >= 0.3 is 5.69 Å². The minimum Gasteiger partial charge on any atom is -0.266 e. The molecule has 0 aliphatic rings. The van der Waals surface area contributed by atoms with Gasteiger partial charge in [-0.25, -0.2) is 0 Å². The maximum Gasteiger partial charge on any atom is 0.332 e. The van der Waals surface area contributed by atoms with E-state index >= 15 is 0 Å². The van der Waals surface area contributed by atoms with Crippen molar-refractivity contribution in [3.05, 3.63) is 33.2 Å². The number of H-pyrrole nitrogens is 1. The molecule has 5 nitrogen and oxygen atoms in total. The van der Waals surface area contributed by atoms with Crippen molar-refractivity contribution in [3.8, 4) is 0 Å². The van der Waals surface area contributed by atoms with Gasteiger partial charge in [-0.05, 0) is 12.1 Å². The molecular formula is C7H3ClFN3O2. The van der Waals surface area contributed by atoms with E-state index in [9.17, 15) is 14.5 Å². The fourth-order valence-corrected chi connectivity index (χ4v) is 1.38. The predicted octanol–water partition coefficient (Wildman–Crippen LogP) is 2.26. The van der Waals surface area contributed by atoms with Crippen LogP contribution in [0, 0.1) is 15.9 Å². The highest BCUT2D eigenvalue weighted by Crippen LogP contribution is 2.30. The molecule has 0 aliphatic carbocycles. The lowest BCUT2D eigenvalue weighted by Crippen LogP contribution is -1.93. The van der Waals surface area contributed by atoms with Crippen LogP contribution in [0.1, 0.15) is 0 Å². The quantitative estimate of drug-likeness (QED) is 0.586. The van der Waals surface area contributed by atoms with Gasteiger partial charge in [-0.1, -0.05) is 11.6 Å². The molecule has 72 valence electrons. The zero-order valence-corrected chi connectivity index (χ0v) is 7.38. The van der Waals surface area contributed by atoms with Crippen molar-refractivity contribution in [2.45, 2.75) is 0 Å². The summed E-state index contributed by atoms with van der Waals surface area (Å²) in [5.41, 5.74) is -0.731. The molecule has 0 bridgehead atoms. The highest BCUT2D eigenvalue weighted by molar-refractivity contribution is 6.34. The minimum atomic E-state index is -0.925. The normalized spacial score (nSPS) is 10.7. The second-order valence-electron chi connectivity index (χ2n) is 2.59. The Balaban J connectivity index is 2.90. The van der Waals surface area contributed by atoms with Crippen molar-refractivity contribution in [2.75, 3.05) is 0 Å². The number of halogens is 2.